The average molecular weight is 226 g/mol. The van der Waals surface area contributed by atoms with Crippen molar-refractivity contribution in [1.82, 2.24) is 9.97 Å². The minimum absolute atomic E-state index is 0.225. The van der Waals surface area contributed by atoms with Crippen LogP contribution in [0.2, 0.25) is 0 Å². The van der Waals surface area contributed by atoms with Crippen LogP contribution in [0.25, 0.3) is 0 Å². The molecule has 0 bridgehead atoms. The number of nitrogens with one attached hydrogen (secondary N) is 2. The predicted octanol–water partition coefficient (Wildman–Crippen LogP) is 2.65. The van der Waals surface area contributed by atoms with Gasteiger partial charge in [-0.15, -0.1) is 0 Å². The molecular formula is C11H19FN4. The number of rotatable bonds is 4. The molecule has 0 fully saturated rings. The Bertz CT molecular complexity index is 346. The average Bonchev–Trinajstić information content (AvgIpc) is 2.17. The van der Waals surface area contributed by atoms with Crippen LogP contribution in [0.1, 0.15) is 34.1 Å². The summed E-state index contributed by atoms with van der Waals surface area (Å²) < 4.78 is 13.4. The molecule has 5 heteroatoms. The lowest BCUT2D eigenvalue weighted by atomic mass is 10.1. The van der Waals surface area contributed by atoms with Gasteiger partial charge in [0, 0.05) is 12.1 Å². The van der Waals surface area contributed by atoms with E-state index >= 15 is 0 Å². The third kappa shape index (κ3) is 4.00. The number of nitrogens with zero attached hydrogens (tertiary/aromatic N) is 2. The lowest BCUT2D eigenvalue weighted by Crippen LogP contribution is -2.27. The van der Waals surface area contributed by atoms with Crippen molar-refractivity contribution in [3.8, 4) is 0 Å². The Morgan fingerprint density at radius 2 is 2.06 bits per heavy atom. The Kier molecular flexibility index (Phi) is 4.04. The van der Waals surface area contributed by atoms with Crippen molar-refractivity contribution in [2.24, 2.45) is 0 Å². The summed E-state index contributed by atoms with van der Waals surface area (Å²) in [6.45, 7) is 8.68. The van der Waals surface area contributed by atoms with Gasteiger partial charge in [0.25, 0.3) is 0 Å². The molecule has 0 aliphatic carbocycles. The highest BCUT2D eigenvalue weighted by atomic mass is 19.1. The zero-order valence-corrected chi connectivity index (χ0v) is 10.3. The van der Waals surface area contributed by atoms with Gasteiger partial charge in [0.05, 0.1) is 6.20 Å². The first-order valence-corrected chi connectivity index (χ1v) is 5.47. The molecule has 0 atom stereocenters. The molecule has 0 saturated carbocycles. The fraction of sp³-hybridized carbons (Fsp3) is 0.636. The molecule has 16 heavy (non-hydrogen) atoms. The largest absolute Gasteiger partial charge is 0.363 e. The molecule has 1 rings (SSSR count). The first-order chi connectivity index (χ1) is 7.42. The number of anilines is 2. The summed E-state index contributed by atoms with van der Waals surface area (Å²) in [6.07, 6.45) is 2.15. The van der Waals surface area contributed by atoms with Crippen LogP contribution in [0, 0.1) is 5.82 Å². The van der Waals surface area contributed by atoms with Gasteiger partial charge in [-0.1, -0.05) is 6.92 Å². The molecule has 0 aromatic carbocycles. The molecule has 0 amide bonds. The fourth-order valence-corrected chi connectivity index (χ4v) is 1.13. The second-order valence-electron chi connectivity index (χ2n) is 4.69. The van der Waals surface area contributed by atoms with E-state index in [-0.39, 0.29) is 11.4 Å². The van der Waals surface area contributed by atoms with Gasteiger partial charge in [-0.25, -0.2) is 9.37 Å². The van der Waals surface area contributed by atoms with Crippen molar-refractivity contribution in [3.63, 3.8) is 0 Å². The third-order valence-electron chi connectivity index (χ3n) is 1.77. The van der Waals surface area contributed by atoms with Crippen molar-refractivity contribution in [1.29, 1.82) is 0 Å². The monoisotopic (exact) mass is 226 g/mol. The molecule has 0 aliphatic rings. The fourth-order valence-electron chi connectivity index (χ4n) is 1.13. The van der Waals surface area contributed by atoms with Crippen LogP contribution < -0.4 is 10.6 Å². The van der Waals surface area contributed by atoms with Crippen LogP contribution in [-0.2, 0) is 0 Å². The highest BCUT2D eigenvalue weighted by Gasteiger charge is 2.14. The Labute approximate surface area is 95.7 Å². The number of aromatic nitrogens is 2. The molecule has 0 saturated heterocycles. The van der Waals surface area contributed by atoms with E-state index in [9.17, 15) is 4.39 Å². The van der Waals surface area contributed by atoms with Crippen LogP contribution >= 0.6 is 0 Å². The highest BCUT2D eigenvalue weighted by Crippen LogP contribution is 2.16. The van der Waals surface area contributed by atoms with E-state index in [4.69, 9.17) is 0 Å². The van der Waals surface area contributed by atoms with Gasteiger partial charge in [0.15, 0.2) is 11.6 Å². The van der Waals surface area contributed by atoms with Crippen molar-refractivity contribution in [2.45, 2.75) is 39.7 Å². The second kappa shape index (κ2) is 5.09. The van der Waals surface area contributed by atoms with E-state index in [1.807, 2.05) is 27.7 Å². The molecule has 1 aromatic heterocycles. The Hall–Kier alpha value is -1.39. The van der Waals surface area contributed by atoms with E-state index in [2.05, 4.69) is 20.6 Å². The van der Waals surface area contributed by atoms with Gasteiger partial charge in [-0.2, -0.15) is 4.98 Å². The van der Waals surface area contributed by atoms with E-state index < -0.39 is 5.82 Å². The molecule has 0 unspecified atom stereocenters. The smallest absolute Gasteiger partial charge is 0.224 e. The van der Waals surface area contributed by atoms with Crippen LogP contribution in [0.15, 0.2) is 6.20 Å². The molecule has 0 spiro atoms. The molecule has 2 N–H and O–H groups in total. The SMILES string of the molecule is CCCNc1ncc(F)c(NC(C)(C)C)n1. The van der Waals surface area contributed by atoms with E-state index in [1.54, 1.807) is 0 Å². The van der Waals surface area contributed by atoms with Crippen LogP contribution in [0.5, 0.6) is 0 Å². The van der Waals surface area contributed by atoms with Crippen molar-refractivity contribution >= 4 is 11.8 Å². The first kappa shape index (κ1) is 12.7. The summed E-state index contributed by atoms with van der Waals surface area (Å²) in [4.78, 5) is 7.96. The standard InChI is InChI=1S/C11H19FN4/c1-5-6-13-10-14-7-8(12)9(15-10)16-11(2,3)4/h7H,5-6H2,1-4H3,(H2,13,14,15,16). The number of halogens is 1. The van der Waals surface area contributed by atoms with Crippen LogP contribution in [0.4, 0.5) is 16.2 Å². The number of hydrogen-bond acceptors (Lipinski definition) is 4. The molecule has 4 nitrogen and oxygen atoms in total. The second-order valence-corrected chi connectivity index (χ2v) is 4.69. The van der Waals surface area contributed by atoms with Crippen molar-refractivity contribution in [3.05, 3.63) is 12.0 Å². The minimum atomic E-state index is -0.433. The van der Waals surface area contributed by atoms with Gasteiger partial charge >= 0.3 is 0 Å². The summed E-state index contributed by atoms with van der Waals surface area (Å²) in [7, 11) is 0. The van der Waals surface area contributed by atoms with Gasteiger partial charge in [0.2, 0.25) is 5.95 Å². The first-order valence-electron chi connectivity index (χ1n) is 5.47. The number of hydrogen-bond donors (Lipinski definition) is 2. The Morgan fingerprint density at radius 1 is 1.38 bits per heavy atom. The molecule has 1 heterocycles. The maximum atomic E-state index is 13.4. The van der Waals surface area contributed by atoms with E-state index in [0.29, 0.717) is 5.95 Å². The van der Waals surface area contributed by atoms with Crippen LogP contribution in [-0.4, -0.2) is 22.1 Å². The maximum Gasteiger partial charge on any atom is 0.224 e. The summed E-state index contributed by atoms with van der Waals surface area (Å²) >= 11 is 0. The summed E-state index contributed by atoms with van der Waals surface area (Å²) in [6, 6.07) is 0. The molecule has 90 valence electrons. The molecular weight excluding hydrogens is 207 g/mol. The highest BCUT2D eigenvalue weighted by molar-refractivity contribution is 5.42. The summed E-state index contributed by atoms with van der Waals surface area (Å²) in [5.41, 5.74) is -0.225. The quantitative estimate of drug-likeness (QED) is 0.828. The molecule has 0 radical (unpaired) electrons. The normalized spacial score (nSPS) is 11.3. The zero-order chi connectivity index (χ0) is 12.2. The van der Waals surface area contributed by atoms with Gasteiger partial charge in [-0.05, 0) is 27.2 Å². The predicted molar refractivity (Wildman–Crippen MR) is 64.1 cm³/mol. The Morgan fingerprint density at radius 3 is 2.62 bits per heavy atom. The summed E-state index contributed by atoms with van der Waals surface area (Å²) in [5, 5.41) is 6.02. The van der Waals surface area contributed by atoms with E-state index in [1.165, 1.54) is 6.20 Å². The maximum absolute atomic E-state index is 13.4. The zero-order valence-electron chi connectivity index (χ0n) is 10.3. The van der Waals surface area contributed by atoms with Gasteiger partial charge in [-0.3, -0.25) is 0 Å². The molecule has 0 aliphatic heterocycles. The third-order valence-corrected chi connectivity index (χ3v) is 1.77. The van der Waals surface area contributed by atoms with Crippen molar-refractivity contribution < 1.29 is 4.39 Å². The lowest BCUT2D eigenvalue weighted by Gasteiger charge is -2.21. The van der Waals surface area contributed by atoms with Crippen LogP contribution in [0.3, 0.4) is 0 Å². The molecule has 1 aromatic rings. The van der Waals surface area contributed by atoms with Gasteiger partial charge < -0.3 is 10.6 Å². The lowest BCUT2D eigenvalue weighted by molar-refractivity contribution is 0.586. The minimum Gasteiger partial charge on any atom is -0.363 e. The van der Waals surface area contributed by atoms with Crippen molar-refractivity contribution in [2.75, 3.05) is 17.2 Å². The van der Waals surface area contributed by atoms with E-state index in [0.717, 1.165) is 13.0 Å². The van der Waals surface area contributed by atoms with Gasteiger partial charge in [0.1, 0.15) is 0 Å². The topological polar surface area (TPSA) is 49.8 Å². The summed E-state index contributed by atoms with van der Waals surface area (Å²) in [5.74, 6) is 0.257. The Balaban J connectivity index is 2.82.